The van der Waals surface area contributed by atoms with E-state index in [0.29, 0.717) is 0 Å². The second-order valence-electron chi connectivity index (χ2n) is 7.58. The van der Waals surface area contributed by atoms with Gasteiger partial charge in [-0.25, -0.2) is 0 Å². The van der Waals surface area contributed by atoms with Crippen LogP contribution >= 0.6 is 0 Å². The molecule has 0 aliphatic carbocycles. The van der Waals surface area contributed by atoms with E-state index in [1.165, 1.54) is 0 Å². The lowest BCUT2D eigenvalue weighted by molar-refractivity contribution is -0.146. The molecule has 0 atom stereocenters. The normalized spacial score (nSPS) is 11.0. The Bertz CT molecular complexity index is 1250. The number of aryl methyl sites for hydroxylation is 3. The fraction of sp³-hybridized carbons (Fsp3) is 0.200. The van der Waals surface area contributed by atoms with Crippen molar-refractivity contribution in [1.82, 2.24) is 0 Å². The summed E-state index contributed by atoms with van der Waals surface area (Å²) < 4.78 is 10.8. The van der Waals surface area contributed by atoms with E-state index in [1.54, 1.807) is 6.26 Å². The van der Waals surface area contributed by atoms with Crippen LogP contribution in [0.5, 0.6) is 0 Å². The minimum atomic E-state index is -0.474. The molecule has 0 saturated carbocycles. The van der Waals surface area contributed by atoms with Crippen molar-refractivity contribution in [3.8, 4) is 0 Å². The summed E-state index contributed by atoms with van der Waals surface area (Å²) in [4.78, 5) is 24.7. The van der Waals surface area contributed by atoms with Crippen LogP contribution in [0, 0.1) is 20.8 Å². The Hall–Kier alpha value is -3.60. The molecule has 0 spiro atoms. The van der Waals surface area contributed by atoms with Gasteiger partial charge in [-0.2, -0.15) is 0 Å². The highest BCUT2D eigenvalue weighted by Crippen LogP contribution is 2.30. The second kappa shape index (κ2) is 8.03. The van der Waals surface area contributed by atoms with Crippen LogP contribution < -0.4 is 5.32 Å². The first kappa shape index (κ1) is 19.7. The molecule has 1 amide bonds. The summed E-state index contributed by atoms with van der Waals surface area (Å²) in [5, 5.41) is 5.84. The predicted octanol–water partition coefficient (Wildman–Crippen LogP) is 5.24. The zero-order valence-electron chi connectivity index (χ0n) is 17.2. The van der Waals surface area contributed by atoms with Crippen LogP contribution in [0.2, 0.25) is 0 Å². The average Bonchev–Trinajstić information content (AvgIpc) is 3.12. The number of furan rings is 1. The molecule has 4 rings (SSSR count). The fourth-order valence-electron chi connectivity index (χ4n) is 3.91. The number of esters is 1. The van der Waals surface area contributed by atoms with Gasteiger partial charge in [0.1, 0.15) is 5.58 Å². The summed E-state index contributed by atoms with van der Waals surface area (Å²) >= 11 is 0. The van der Waals surface area contributed by atoms with Gasteiger partial charge in [-0.3, -0.25) is 9.59 Å². The molecule has 0 aliphatic rings. The zero-order chi connectivity index (χ0) is 21.3. The molecular weight excluding hydrogens is 378 g/mol. The molecule has 0 radical (unpaired) electrons. The molecule has 0 fully saturated rings. The number of hydrogen-bond donors (Lipinski definition) is 1. The molecule has 5 heteroatoms. The summed E-state index contributed by atoms with van der Waals surface area (Å²) in [7, 11) is 0. The molecule has 0 aliphatic heterocycles. The lowest BCUT2D eigenvalue weighted by Gasteiger charge is -2.13. The highest BCUT2D eigenvalue weighted by Gasteiger charge is 2.16. The first-order valence-electron chi connectivity index (χ1n) is 9.83. The van der Waals surface area contributed by atoms with Crippen LogP contribution in [0.15, 0.2) is 59.2 Å². The highest BCUT2D eigenvalue weighted by atomic mass is 16.5. The number of fused-ring (bicyclic) bond motifs is 3. The quantitative estimate of drug-likeness (QED) is 0.465. The SMILES string of the molecule is Cc1cc(C)c(NC(=O)COC(=O)Cc2coc3ccc4ccccc4c23)c(C)c1. The van der Waals surface area contributed by atoms with Crippen molar-refractivity contribution >= 4 is 39.3 Å². The summed E-state index contributed by atoms with van der Waals surface area (Å²) in [5.74, 6) is -0.834. The van der Waals surface area contributed by atoms with E-state index in [9.17, 15) is 9.59 Å². The molecule has 152 valence electrons. The molecule has 1 N–H and O–H groups in total. The molecule has 1 aromatic heterocycles. The number of nitrogens with one attached hydrogen (secondary N) is 1. The number of carbonyl (C=O) groups excluding carboxylic acids is 2. The van der Waals surface area contributed by atoms with Crippen LogP contribution in [0.25, 0.3) is 21.7 Å². The summed E-state index contributed by atoms with van der Waals surface area (Å²) in [5.41, 5.74) is 5.31. The van der Waals surface area contributed by atoms with Gasteiger partial charge in [-0.1, -0.05) is 48.0 Å². The number of carbonyl (C=O) groups is 2. The molecule has 0 bridgehead atoms. The molecule has 4 aromatic rings. The molecule has 30 heavy (non-hydrogen) atoms. The van der Waals surface area contributed by atoms with Crippen molar-refractivity contribution in [2.24, 2.45) is 0 Å². The molecule has 3 aromatic carbocycles. The van der Waals surface area contributed by atoms with Crippen molar-refractivity contribution < 1.29 is 18.7 Å². The lowest BCUT2D eigenvalue weighted by atomic mass is 10.0. The van der Waals surface area contributed by atoms with Crippen LogP contribution in [0.3, 0.4) is 0 Å². The van der Waals surface area contributed by atoms with Crippen LogP contribution in [0.4, 0.5) is 5.69 Å². The number of amides is 1. The van der Waals surface area contributed by atoms with Crippen molar-refractivity contribution in [2.45, 2.75) is 27.2 Å². The Labute approximate surface area is 174 Å². The first-order valence-corrected chi connectivity index (χ1v) is 9.83. The van der Waals surface area contributed by atoms with Gasteiger partial charge < -0.3 is 14.5 Å². The third kappa shape index (κ3) is 3.92. The standard InChI is InChI=1S/C25H23NO4/c1-15-10-16(2)25(17(3)11-15)26-22(27)14-30-23(28)12-19-13-29-21-9-8-18-6-4-5-7-20(18)24(19)21/h4-11,13H,12,14H2,1-3H3,(H,26,27). The molecule has 0 unspecified atom stereocenters. The Balaban J connectivity index is 1.43. The fourth-order valence-corrected chi connectivity index (χ4v) is 3.91. The summed E-state index contributed by atoms with van der Waals surface area (Å²) in [6.07, 6.45) is 1.62. The zero-order valence-corrected chi connectivity index (χ0v) is 17.2. The smallest absolute Gasteiger partial charge is 0.310 e. The number of benzene rings is 3. The molecule has 5 nitrogen and oxygen atoms in total. The van der Waals surface area contributed by atoms with Gasteiger partial charge in [0.2, 0.25) is 0 Å². The van der Waals surface area contributed by atoms with Gasteiger partial charge >= 0.3 is 5.97 Å². The first-order chi connectivity index (χ1) is 14.4. The third-order valence-corrected chi connectivity index (χ3v) is 5.18. The van der Waals surface area contributed by atoms with E-state index < -0.39 is 5.97 Å². The molecule has 1 heterocycles. The van der Waals surface area contributed by atoms with Gasteiger partial charge in [0, 0.05) is 16.6 Å². The van der Waals surface area contributed by atoms with E-state index in [-0.39, 0.29) is 18.9 Å². The minimum Gasteiger partial charge on any atom is -0.464 e. The van der Waals surface area contributed by atoms with Gasteiger partial charge in [0.25, 0.3) is 5.91 Å². The minimum absolute atomic E-state index is 0.0386. The summed E-state index contributed by atoms with van der Waals surface area (Å²) in [6, 6.07) is 15.8. The molecular formula is C25H23NO4. The van der Waals surface area contributed by atoms with Crippen molar-refractivity contribution in [3.63, 3.8) is 0 Å². The predicted molar refractivity (Wildman–Crippen MR) is 118 cm³/mol. The second-order valence-corrected chi connectivity index (χ2v) is 7.58. The number of rotatable bonds is 5. The van der Waals surface area contributed by atoms with Crippen LogP contribution in [0.1, 0.15) is 22.3 Å². The van der Waals surface area contributed by atoms with Gasteiger partial charge in [-0.05, 0) is 48.7 Å². The van der Waals surface area contributed by atoms with Gasteiger partial charge in [-0.15, -0.1) is 0 Å². The highest BCUT2D eigenvalue weighted by molar-refractivity contribution is 6.08. The van der Waals surface area contributed by atoms with E-state index in [1.807, 2.05) is 69.3 Å². The largest absolute Gasteiger partial charge is 0.464 e. The van der Waals surface area contributed by atoms with Crippen molar-refractivity contribution in [1.29, 1.82) is 0 Å². The van der Waals surface area contributed by atoms with Gasteiger partial charge in [0.05, 0.1) is 12.7 Å². The van der Waals surface area contributed by atoms with Crippen LogP contribution in [-0.2, 0) is 20.7 Å². The maximum Gasteiger partial charge on any atom is 0.310 e. The maximum atomic E-state index is 12.4. The van der Waals surface area contributed by atoms with E-state index in [4.69, 9.17) is 9.15 Å². The van der Waals surface area contributed by atoms with Crippen LogP contribution in [-0.4, -0.2) is 18.5 Å². The van der Waals surface area contributed by atoms with E-state index in [0.717, 1.165) is 49.7 Å². The third-order valence-electron chi connectivity index (χ3n) is 5.18. The van der Waals surface area contributed by atoms with E-state index >= 15 is 0 Å². The number of hydrogen-bond acceptors (Lipinski definition) is 4. The Morgan fingerprint density at radius 2 is 1.73 bits per heavy atom. The van der Waals surface area contributed by atoms with Crippen molar-refractivity contribution in [3.05, 3.63) is 77.0 Å². The lowest BCUT2D eigenvalue weighted by Crippen LogP contribution is -2.22. The monoisotopic (exact) mass is 401 g/mol. The molecule has 0 saturated heterocycles. The maximum absolute atomic E-state index is 12.4. The number of ether oxygens (including phenoxy) is 1. The average molecular weight is 401 g/mol. The Morgan fingerprint density at radius 3 is 2.50 bits per heavy atom. The summed E-state index contributed by atoms with van der Waals surface area (Å²) in [6.45, 7) is 5.56. The van der Waals surface area contributed by atoms with Crippen molar-refractivity contribution in [2.75, 3.05) is 11.9 Å². The van der Waals surface area contributed by atoms with Gasteiger partial charge in [0.15, 0.2) is 6.61 Å². The Kier molecular flexibility index (Phi) is 5.27. The Morgan fingerprint density at radius 1 is 1.00 bits per heavy atom. The number of anilines is 1. The van der Waals surface area contributed by atoms with E-state index in [2.05, 4.69) is 5.32 Å². The topological polar surface area (TPSA) is 68.5 Å².